The summed E-state index contributed by atoms with van der Waals surface area (Å²) >= 11 is 3.84. The van der Waals surface area contributed by atoms with E-state index in [1.807, 2.05) is 11.6 Å². The van der Waals surface area contributed by atoms with Gasteiger partial charge in [-0.2, -0.15) is 0 Å². The van der Waals surface area contributed by atoms with Crippen molar-refractivity contribution in [2.45, 2.75) is 18.2 Å². The molecule has 0 fully saturated rings. The van der Waals surface area contributed by atoms with E-state index in [0.717, 1.165) is 9.87 Å². The highest BCUT2D eigenvalue weighted by Crippen LogP contribution is 2.13. The normalized spacial score (nSPS) is 10.7. The van der Waals surface area contributed by atoms with Crippen LogP contribution in [0.2, 0.25) is 0 Å². The van der Waals surface area contributed by atoms with Crippen molar-refractivity contribution in [3.63, 3.8) is 0 Å². The van der Waals surface area contributed by atoms with Crippen LogP contribution in [0.5, 0.6) is 0 Å². The van der Waals surface area contributed by atoms with Gasteiger partial charge in [0.05, 0.1) is 17.1 Å². The second-order valence-corrected chi connectivity index (χ2v) is 8.98. The average Bonchev–Trinajstić information content (AvgIpc) is 2.73. The quantitative estimate of drug-likeness (QED) is 0.261. The number of carbonyl (C=O) groups is 3. The second kappa shape index (κ2) is 11.4. The largest absolute Gasteiger partial charge is 0.462 e. The molecule has 0 bridgehead atoms. The third-order valence-electron chi connectivity index (χ3n) is 4.06. The van der Waals surface area contributed by atoms with Crippen LogP contribution >= 0.6 is 12.8 Å². The predicted octanol–water partition coefficient (Wildman–Crippen LogP) is 2.54. The summed E-state index contributed by atoms with van der Waals surface area (Å²) < 4.78 is 32.6. The van der Waals surface area contributed by atoms with Gasteiger partial charge in [-0.05, 0) is 49.7 Å². The van der Waals surface area contributed by atoms with E-state index in [-0.39, 0.29) is 28.8 Å². The summed E-state index contributed by atoms with van der Waals surface area (Å²) in [5, 5.41) is 4.97. The molecule has 4 amide bonds. The molecule has 0 saturated heterocycles. The van der Waals surface area contributed by atoms with Gasteiger partial charge in [-0.25, -0.2) is 27.5 Å². The van der Waals surface area contributed by atoms with Crippen molar-refractivity contribution >= 4 is 46.6 Å². The smallest absolute Gasteiger partial charge is 0.338 e. The van der Waals surface area contributed by atoms with Crippen LogP contribution < -0.4 is 15.4 Å². The van der Waals surface area contributed by atoms with Crippen LogP contribution in [-0.4, -0.2) is 51.0 Å². The Labute approximate surface area is 191 Å². The molecule has 0 aliphatic carbocycles. The Hall–Kier alpha value is -3.25. The number of sulfonamides is 1. The molecule has 3 N–H and O–H groups in total. The number of amides is 4. The molecule has 0 aliphatic heterocycles. The predicted molar refractivity (Wildman–Crippen MR) is 122 cm³/mol. The van der Waals surface area contributed by atoms with Gasteiger partial charge >= 0.3 is 18.0 Å². The van der Waals surface area contributed by atoms with Crippen LogP contribution in [0, 0.1) is 6.92 Å². The molecule has 172 valence electrons. The number of aryl methyl sites for hydroxylation is 1. The van der Waals surface area contributed by atoms with Gasteiger partial charge in [0.1, 0.15) is 0 Å². The van der Waals surface area contributed by atoms with Crippen molar-refractivity contribution in [2.24, 2.45) is 0 Å². The summed E-state index contributed by atoms with van der Waals surface area (Å²) in [6, 6.07) is 10.5. The summed E-state index contributed by atoms with van der Waals surface area (Å²) in [5.74, 6) is -0.569. The molecule has 2 aromatic carbocycles. The number of rotatable bonds is 8. The molecule has 0 unspecified atom stereocenters. The van der Waals surface area contributed by atoms with Gasteiger partial charge in [-0.1, -0.05) is 30.5 Å². The highest BCUT2D eigenvalue weighted by molar-refractivity contribution is 7.90. The maximum atomic E-state index is 12.2. The maximum absolute atomic E-state index is 12.2. The Bertz CT molecular complexity index is 1050. The van der Waals surface area contributed by atoms with Crippen molar-refractivity contribution < 1.29 is 27.5 Å². The molecule has 10 nitrogen and oxygen atoms in total. The number of thiol groups is 1. The van der Waals surface area contributed by atoms with Gasteiger partial charge in [0.15, 0.2) is 0 Å². The molecule has 0 aromatic heterocycles. The number of hydrogen-bond donors (Lipinski definition) is 4. The minimum absolute atomic E-state index is 0.0338. The molecule has 2 rings (SSSR count). The number of nitrogens with zero attached hydrogens (tertiary/aromatic N) is 1. The zero-order valence-corrected chi connectivity index (χ0v) is 19.2. The highest BCUT2D eigenvalue weighted by Gasteiger charge is 2.17. The first-order valence-corrected chi connectivity index (χ1v) is 11.3. The lowest BCUT2D eigenvalue weighted by atomic mass is 10.2. The Balaban J connectivity index is 1.81. The zero-order valence-electron chi connectivity index (χ0n) is 17.5. The van der Waals surface area contributed by atoms with Gasteiger partial charge in [0.25, 0.3) is 10.0 Å². The van der Waals surface area contributed by atoms with E-state index in [4.69, 9.17) is 4.74 Å². The van der Waals surface area contributed by atoms with E-state index in [2.05, 4.69) is 23.4 Å². The van der Waals surface area contributed by atoms with Crippen LogP contribution in [0.25, 0.3) is 0 Å². The van der Waals surface area contributed by atoms with Gasteiger partial charge in [0, 0.05) is 19.3 Å². The fourth-order valence-corrected chi connectivity index (χ4v) is 3.35. The summed E-state index contributed by atoms with van der Waals surface area (Å²) in [5.41, 5.74) is 1.43. The number of benzene rings is 2. The molecule has 0 radical (unpaired) electrons. The monoisotopic (exact) mass is 480 g/mol. The first kappa shape index (κ1) is 25.0. The second-order valence-electron chi connectivity index (χ2n) is 6.70. The molecule has 0 heterocycles. The first-order chi connectivity index (χ1) is 15.1. The van der Waals surface area contributed by atoms with E-state index >= 15 is 0 Å². The number of urea groups is 2. The molecule has 12 heteroatoms. The standard InChI is InChI=1S/C20H24N4O6S2/c1-14-4-10-17(11-5-14)32(28,29)23-19(26)22-16-8-6-15(7-9-16)18(25)30-13-3-12-21-20(27)24(2)31/h4-11,31H,3,12-13H2,1-2H3,(H,21,27)(H2,22,23,26). The van der Waals surface area contributed by atoms with Crippen molar-refractivity contribution in [1.29, 1.82) is 0 Å². The number of esters is 1. The summed E-state index contributed by atoms with van der Waals surface area (Å²) in [6.07, 6.45) is 0.425. The number of hydrogen-bond acceptors (Lipinski definition) is 7. The Morgan fingerprint density at radius 1 is 1.03 bits per heavy atom. The van der Waals surface area contributed by atoms with E-state index in [9.17, 15) is 22.8 Å². The summed E-state index contributed by atoms with van der Waals surface area (Å²) in [7, 11) is -2.52. The van der Waals surface area contributed by atoms with Crippen molar-refractivity contribution in [3.05, 3.63) is 59.7 Å². The molecule has 0 aliphatic rings. The first-order valence-electron chi connectivity index (χ1n) is 9.46. The lowest BCUT2D eigenvalue weighted by Crippen LogP contribution is -2.34. The van der Waals surface area contributed by atoms with Gasteiger partial charge in [-0.15, -0.1) is 0 Å². The van der Waals surface area contributed by atoms with Crippen LogP contribution in [0.1, 0.15) is 22.3 Å². The fraction of sp³-hybridized carbons (Fsp3) is 0.250. The molecular formula is C20H24N4O6S2. The van der Waals surface area contributed by atoms with Crippen molar-refractivity contribution in [2.75, 3.05) is 25.5 Å². The van der Waals surface area contributed by atoms with E-state index < -0.39 is 22.0 Å². The van der Waals surface area contributed by atoms with Crippen LogP contribution in [0.15, 0.2) is 53.4 Å². The number of carbonyl (C=O) groups excluding carboxylic acids is 3. The number of anilines is 1. The third kappa shape index (κ3) is 7.78. The number of nitrogens with one attached hydrogen (secondary N) is 3. The lowest BCUT2D eigenvalue weighted by molar-refractivity contribution is 0.0501. The van der Waals surface area contributed by atoms with Gasteiger partial charge < -0.3 is 15.4 Å². The topological polar surface area (TPSA) is 134 Å². The van der Waals surface area contributed by atoms with Crippen molar-refractivity contribution in [3.8, 4) is 0 Å². The Morgan fingerprint density at radius 2 is 1.66 bits per heavy atom. The molecule has 32 heavy (non-hydrogen) atoms. The minimum atomic E-state index is -4.01. The van der Waals surface area contributed by atoms with Crippen molar-refractivity contribution in [1.82, 2.24) is 14.3 Å². The maximum Gasteiger partial charge on any atom is 0.338 e. The van der Waals surface area contributed by atoms with Crippen LogP contribution in [-0.2, 0) is 14.8 Å². The Kier molecular flexibility index (Phi) is 8.91. The van der Waals surface area contributed by atoms with Crippen LogP contribution in [0.3, 0.4) is 0 Å². The van der Waals surface area contributed by atoms with E-state index in [1.165, 1.54) is 43.4 Å². The molecule has 2 aromatic rings. The zero-order chi connectivity index (χ0) is 23.7. The molecular weight excluding hydrogens is 456 g/mol. The summed E-state index contributed by atoms with van der Waals surface area (Å²) in [6.45, 7) is 2.24. The summed E-state index contributed by atoms with van der Waals surface area (Å²) in [4.78, 5) is 35.4. The van der Waals surface area contributed by atoms with E-state index in [1.54, 1.807) is 12.1 Å². The Morgan fingerprint density at radius 3 is 2.25 bits per heavy atom. The molecule has 0 atom stereocenters. The minimum Gasteiger partial charge on any atom is -0.462 e. The molecule has 0 saturated carbocycles. The number of ether oxygens (including phenoxy) is 1. The SMILES string of the molecule is Cc1ccc(S(=O)(=O)NC(=O)Nc2ccc(C(=O)OCCCNC(=O)N(C)S)cc2)cc1. The third-order valence-corrected chi connectivity index (χ3v) is 5.59. The lowest BCUT2D eigenvalue weighted by Gasteiger charge is -2.11. The van der Waals surface area contributed by atoms with Gasteiger partial charge in [-0.3, -0.25) is 4.31 Å². The van der Waals surface area contributed by atoms with Crippen LogP contribution in [0.4, 0.5) is 15.3 Å². The average molecular weight is 481 g/mol. The fourth-order valence-electron chi connectivity index (χ4n) is 2.37. The highest BCUT2D eigenvalue weighted by atomic mass is 32.2. The molecule has 0 spiro atoms. The van der Waals surface area contributed by atoms with Gasteiger partial charge in [0.2, 0.25) is 0 Å². The van der Waals surface area contributed by atoms with E-state index in [0.29, 0.717) is 13.0 Å².